The van der Waals surface area contributed by atoms with Crippen LogP contribution >= 0.6 is 0 Å². The van der Waals surface area contributed by atoms with Crippen molar-refractivity contribution >= 4 is 5.78 Å². The van der Waals surface area contributed by atoms with Crippen molar-refractivity contribution in [1.82, 2.24) is 0 Å². The molecule has 0 saturated carbocycles. The lowest BCUT2D eigenvalue weighted by Gasteiger charge is -2.11. The number of methoxy groups -OCH3 is 1. The van der Waals surface area contributed by atoms with Gasteiger partial charge >= 0.3 is 0 Å². The monoisotopic (exact) mass is 190 g/mol. The Morgan fingerprint density at radius 1 is 1.36 bits per heavy atom. The Morgan fingerprint density at radius 2 is 2.00 bits per heavy atom. The summed E-state index contributed by atoms with van der Waals surface area (Å²) in [7, 11) is 1.54. The molecule has 0 aliphatic carbocycles. The van der Waals surface area contributed by atoms with Crippen LogP contribution in [-0.2, 0) is 9.53 Å². The highest BCUT2D eigenvalue weighted by atomic mass is 16.5. The van der Waals surface area contributed by atoms with Crippen LogP contribution in [0.4, 0.5) is 0 Å². The van der Waals surface area contributed by atoms with Crippen molar-refractivity contribution < 1.29 is 9.53 Å². The molecule has 0 aromatic heterocycles. The highest BCUT2D eigenvalue weighted by Crippen LogP contribution is 2.17. The molecule has 2 nitrogen and oxygen atoms in total. The Balaban J connectivity index is 2.88. The molecule has 1 unspecified atom stereocenters. The van der Waals surface area contributed by atoms with Crippen LogP contribution < -0.4 is 0 Å². The molecule has 1 aromatic rings. The summed E-state index contributed by atoms with van der Waals surface area (Å²) in [5.41, 5.74) is 0.887. The molecular weight excluding hydrogens is 176 g/mol. The van der Waals surface area contributed by atoms with E-state index in [1.165, 1.54) is 6.08 Å². The van der Waals surface area contributed by atoms with Crippen molar-refractivity contribution in [2.24, 2.45) is 0 Å². The molecule has 0 N–H and O–H groups in total. The van der Waals surface area contributed by atoms with E-state index in [0.29, 0.717) is 0 Å². The summed E-state index contributed by atoms with van der Waals surface area (Å²) in [6.45, 7) is 1.82. The fraction of sp³-hybridized carbons (Fsp3) is 0.250. The van der Waals surface area contributed by atoms with Crippen LogP contribution in [0.1, 0.15) is 18.6 Å². The number of carbonyl (C=O) groups is 1. The molecule has 1 rings (SSSR count). The number of carbonyl (C=O) groups excluding carboxylic acids is 1. The topological polar surface area (TPSA) is 26.3 Å². The zero-order valence-electron chi connectivity index (χ0n) is 8.44. The second-order valence-corrected chi connectivity index (χ2v) is 2.93. The third-order valence-electron chi connectivity index (χ3n) is 1.93. The lowest BCUT2D eigenvalue weighted by atomic mass is 10.1. The lowest BCUT2D eigenvalue weighted by molar-refractivity contribution is -0.124. The number of hydrogen-bond donors (Lipinski definition) is 0. The van der Waals surface area contributed by atoms with Crippen LogP contribution in [0.5, 0.6) is 0 Å². The fourth-order valence-electron chi connectivity index (χ4n) is 1.30. The molecule has 2 heteroatoms. The van der Waals surface area contributed by atoms with Gasteiger partial charge in [0.15, 0.2) is 5.78 Å². The molecule has 0 radical (unpaired) electrons. The van der Waals surface area contributed by atoms with E-state index >= 15 is 0 Å². The van der Waals surface area contributed by atoms with Crippen molar-refractivity contribution in [3.63, 3.8) is 0 Å². The molecule has 0 bridgehead atoms. The van der Waals surface area contributed by atoms with E-state index in [1.807, 2.05) is 37.3 Å². The van der Waals surface area contributed by atoms with Gasteiger partial charge in [-0.1, -0.05) is 36.4 Å². The molecular formula is C12H14O2. The number of ketones is 1. The van der Waals surface area contributed by atoms with E-state index in [4.69, 9.17) is 4.74 Å². The Kier molecular flexibility index (Phi) is 4.08. The SMILES string of the molecule is CC=CC(=O)C(OC)c1ccccc1. The van der Waals surface area contributed by atoms with Gasteiger partial charge in [0.2, 0.25) is 0 Å². The first-order valence-corrected chi connectivity index (χ1v) is 4.54. The van der Waals surface area contributed by atoms with Gasteiger partial charge in [-0.25, -0.2) is 0 Å². The molecule has 0 aliphatic rings. The van der Waals surface area contributed by atoms with E-state index in [0.717, 1.165) is 5.56 Å². The molecule has 0 heterocycles. The van der Waals surface area contributed by atoms with Crippen molar-refractivity contribution in [1.29, 1.82) is 0 Å². The van der Waals surface area contributed by atoms with Gasteiger partial charge in [-0.2, -0.15) is 0 Å². The van der Waals surface area contributed by atoms with Gasteiger partial charge in [0.1, 0.15) is 6.10 Å². The van der Waals surface area contributed by atoms with E-state index in [2.05, 4.69) is 0 Å². The highest BCUT2D eigenvalue weighted by Gasteiger charge is 2.16. The standard InChI is InChI=1S/C12H14O2/c1-3-7-11(13)12(14-2)10-8-5-4-6-9-10/h3-9,12H,1-2H3. The summed E-state index contributed by atoms with van der Waals surface area (Å²) in [5, 5.41) is 0. The minimum Gasteiger partial charge on any atom is -0.369 e. The molecule has 74 valence electrons. The number of ether oxygens (including phenoxy) is 1. The lowest BCUT2D eigenvalue weighted by Crippen LogP contribution is -2.11. The Labute approximate surface area is 84.2 Å². The number of rotatable bonds is 4. The van der Waals surface area contributed by atoms with Crippen LogP contribution in [0.3, 0.4) is 0 Å². The van der Waals surface area contributed by atoms with E-state index in [9.17, 15) is 4.79 Å². The first-order valence-electron chi connectivity index (χ1n) is 4.54. The smallest absolute Gasteiger partial charge is 0.188 e. The number of allylic oxidation sites excluding steroid dienone is 1. The van der Waals surface area contributed by atoms with Crippen LogP contribution in [0.15, 0.2) is 42.5 Å². The zero-order chi connectivity index (χ0) is 10.4. The first kappa shape index (κ1) is 10.7. The summed E-state index contributed by atoms with van der Waals surface area (Å²) in [4.78, 5) is 11.6. The average Bonchev–Trinajstić information content (AvgIpc) is 2.21. The Morgan fingerprint density at radius 3 is 2.50 bits per heavy atom. The fourth-order valence-corrected chi connectivity index (χ4v) is 1.30. The van der Waals surface area contributed by atoms with Gasteiger partial charge in [-0.05, 0) is 18.6 Å². The zero-order valence-corrected chi connectivity index (χ0v) is 8.44. The van der Waals surface area contributed by atoms with E-state index in [1.54, 1.807) is 13.2 Å². The van der Waals surface area contributed by atoms with Gasteiger partial charge < -0.3 is 4.74 Å². The average molecular weight is 190 g/mol. The van der Waals surface area contributed by atoms with Gasteiger partial charge in [-0.3, -0.25) is 4.79 Å². The maximum absolute atomic E-state index is 11.6. The number of hydrogen-bond acceptors (Lipinski definition) is 2. The highest BCUT2D eigenvalue weighted by molar-refractivity contribution is 5.94. The van der Waals surface area contributed by atoms with Crippen LogP contribution in [0.2, 0.25) is 0 Å². The van der Waals surface area contributed by atoms with Gasteiger partial charge in [0.05, 0.1) is 0 Å². The van der Waals surface area contributed by atoms with Crippen LogP contribution in [0.25, 0.3) is 0 Å². The molecule has 0 saturated heterocycles. The Bertz CT molecular complexity index is 314. The summed E-state index contributed by atoms with van der Waals surface area (Å²) < 4.78 is 5.15. The molecule has 0 fully saturated rings. The first-order chi connectivity index (χ1) is 6.79. The predicted molar refractivity (Wildman–Crippen MR) is 56.0 cm³/mol. The molecule has 0 spiro atoms. The van der Waals surface area contributed by atoms with Crippen molar-refractivity contribution in [3.8, 4) is 0 Å². The quantitative estimate of drug-likeness (QED) is 0.682. The molecule has 14 heavy (non-hydrogen) atoms. The summed E-state index contributed by atoms with van der Waals surface area (Å²) in [6, 6.07) is 9.47. The molecule has 0 aliphatic heterocycles. The van der Waals surface area contributed by atoms with Gasteiger partial charge in [0, 0.05) is 7.11 Å². The van der Waals surface area contributed by atoms with Crippen molar-refractivity contribution in [2.75, 3.05) is 7.11 Å². The summed E-state index contributed by atoms with van der Waals surface area (Å²) >= 11 is 0. The largest absolute Gasteiger partial charge is 0.369 e. The maximum Gasteiger partial charge on any atom is 0.188 e. The van der Waals surface area contributed by atoms with Gasteiger partial charge in [-0.15, -0.1) is 0 Å². The van der Waals surface area contributed by atoms with Gasteiger partial charge in [0.25, 0.3) is 0 Å². The van der Waals surface area contributed by atoms with Crippen molar-refractivity contribution in [2.45, 2.75) is 13.0 Å². The molecule has 1 aromatic carbocycles. The van der Waals surface area contributed by atoms with E-state index < -0.39 is 6.10 Å². The summed E-state index contributed by atoms with van der Waals surface area (Å²) in [5.74, 6) is -0.0267. The summed E-state index contributed by atoms with van der Waals surface area (Å²) in [6.07, 6.45) is 2.77. The van der Waals surface area contributed by atoms with E-state index in [-0.39, 0.29) is 5.78 Å². The van der Waals surface area contributed by atoms with Crippen molar-refractivity contribution in [3.05, 3.63) is 48.0 Å². The second-order valence-electron chi connectivity index (χ2n) is 2.93. The predicted octanol–water partition coefficient (Wildman–Crippen LogP) is 2.52. The third-order valence-corrected chi connectivity index (χ3v) is 1.93. The molecule has 1 atom stereocenters. The maximum atomic E-state index is 11.6. The minimum absolute atomic E-state index is 0.0267. The van der Waals surface area contributed by atoms with Crippen LogP contribution in [0, 0.1) is 0 Å². The molecule has 0 amide bonds. The normalized spacial score (nSPS) is 13.0. The van der Waals surface area contributed by atoms with Crippen LogP contribution in [-0.4, -0.2) is 12.9 Å². The minimum atomic E-state index is -0.479. The number of benzene rings is 1. The second kappa shape index (κ2) is 5.35. The third kappa shape index (κ3) is 2.54. The Hall–Kier alpha value is -1.41.